The van der Waals surface area contributed by atoms with Gasteiger partial charge in [-0.2, -0.15) is 13.2 Å². The van der Waals surface area contributed by atoms with Gasteiger partial charge in [-0.15, -0.1) is 0 Å². The van der Waals surface area contributed by atoms with Gasteiger partial charge in [0.15, 0.2) is 0 Å². The van der Waals surface area contributed by atoms with Gasteiger partial charge < -0.3 is 14.6 Å². The zero-order valence-electron chi connectivity index (χ0n) is 20.1. The molecule has 37 heavy (non-hydrogen) atoms. The first-order valence-electron chi connectivity index (χ1n) is 11.8. The summed E-state index contributed by atoms with van der Waals surface area (Å²) in [5, 5.41) is 3.15. The molecule has 0 unspecified atom stereocenters. The molecular weight excluding hydrogens is 509 g/mol. The van der Waals surface area contributed by atoms with Crippen LogP contribution in [0.25, 0.3) is 16.6 Å². The summed E-state index contributed by atoms with van der Waals surface area (Å²) in [4.78, 5) is 12.5. The van der Waals surface area contributed by atoms with E-state index in [4.69, 9.17) is 4.74 Å². The Labute approximate surface area is 210 Å². The maximum absolute atomic E-state index is 14.7. The van der Waals surface area contributed by atoms with Crippen molar-refractivity contribution in [2.24, 2.45) is 0 Å². The average molecular weight is 533 g/mol. The van der Waals surface area contributed by atoms with Gasteiger partial charge in [0.05, 0.1) is 12.1 Å². The summed E-state index contributed by atoms with van der Waals surface area (Å²) >= 11 is 0. The largest absolute Gasteiger partial charge is 0.493 e. The smallest absolute Gasteiger partial charge is 0.433 e. The molecule has 0 saturated heterocycles. The van der Waals surface area contributed by atoms with Gasteiger partial charge in [0, 0.05) is 59.9 Å². The zero-order chi connectivity index (χ0) is 26.4. The fourth-order valence-corrected chi connectivity index (χ4v) is 6.48. The van der Waals surface area contributed by atoms with Crippen LogP contribution in [-0.4, -0.2) is 38.3 Å². The zero-order valence-corrected chi connectivity index (χ0v) is 21.0. The van der Waals surface area contributed by atoms with Gasteiger partial charge in [0.25, 0.3) is 0 Å². The van der Waals surface area contributed by atoms with E-state index in [2.05, 4.69) is 20.3 Å². The molecule has 5 rings (SSSR count). The van der Waals surface area contributed by atoms with Crippen LogP contribution in [0.15, 0.2) is 43.0 Å². The number of ether oxygens (including phenoxy) is 1. The van der Waals surface area contributed by atoms with Crippen LogP contribution in [0.4, 0.5) is 23.5 Å². The van der Waals surface area contributed by atoms with Gasteiger partial charge in [0.1, 0.15) is 36.2 Å². The fraction of sp³-hybridized carbons (Fsp3) is 0.320. The molecule has 4 aromatic rings. The number of aromatic nitrogens is 4. The van der Waals surface area contributed by atoms with Crippen LogP contribution in [0.3, 0.4) is 0 Å². The van der Waals surface area contributed by atoms with Crippen LogP contribution in [0.1, 0.15) is 30.7 Å². The Morgan fingerprint density at radius 3 is 2.54 bits per heavy atom. The molecule has 0 spiro atoms. The lowest BCUT2D eigenvalue weighted by atomic mass is 10.0. The van der Waals surface area contributed by atoms with E-state index in [-0.39, 0.29) is 12.4 Å². The number of alkyl halides is 3. The number of halogens is 4. The van der Waals surface area contributed by atoms with E-state index in [1.807, 2.05) is 13.8 Å². The Bertz CT molecular complexity index is 1510. The Balaban J connectivity index is 1.61. The first-order valence-corrected chi connectivity index (χ1v) is 13.9. The Morgan fingerprint density at radius 2 is 1.86 bits per heavy atom. The first kappa shape index (κ1) is 25.2. The summed E-state index contributed by atoms with van der Waals surface area (Å²) in [6.45, 7) is 4.23. The van der Waals surface area contributed by atoms with Gasteiger partial charge in [-0.1, -0.05) is 19.9 Å². The molecule has 4 heterocycles. The third-order valence-electron chi connectivity index (χ3n) is 6.68. The van der Waals surface area contributed by atoms with Crippen molar-refractivity contribution in [2.45, 2.75) is 33.0 Å². The molecule has 7 nitrogen and oxygen atoms in total. The summed E-state index contributed by atoms with van der Waals surface area (Å²) in [5.41, 5.74) is 1.91. The number of anilines is 1. The summed E-state index contributed by atoms with van der Waals surface area (Å²) in [7, 11) is -2.89. The van der Waals surface area contributed by atoms with Gasteiger partial charge in [-0.3, -0.25) is 9.38 Å². The van der Waals surface area contributed by atoms with Crippen molar-refractivity contribution in [2.75, 3.05) is 24.2 Å². The number of nitrogens with one attached hydrogen (secondary N) is 1. The number of rotatable bonds is 7. The molecule has 0 fully saturated rings. The van der Waals surface area contributed by atoms with Crippen LogP contribution >= 0.6 is 7.14 Å². The topological polar surface area (TPSA) is 81.4 Å². The molecule has 194 valence electrons. The number of fused-ring (bicyclic) bond motifs is 2. The van der Waals surface area contributed by atoms with Gasteiger partial charge in [-0.05, 0) is 18.2 Å². The Kier molecular flexibility index (Phi) is 6.43. The van der Waals surface area contributed by atoms with Crippen molar-refractivity contribution in [3.8, 4) is 16.9 Å². The van der Waals surface area contributed by atoms with Crippen molar-refractivity contribution in [3.63, 3.8) is 0 Å². The number of hydrogen-bond acceptors (Lipinski definition) is 6. The van der Waals surface area contributed by atoms with Crippen molar-refractivity contribution >= 4 is 24.0 Å². The number of pyridine rings is 1. The van der Waals surface area contributed by atoms with Crippen LogP contribution in [0, 0.1) is 5.82 Å². The van der Waals surface area contributed by atoms with Gasteiger partial charge >= 0.3 is 6.18 Å². The Morgan fingerprint density at radius 1 is 1.08 bits per heavy atom. The third-order valence-corrected chi connectivity index (χ3v) is 9.83. The molecule has 12 heteroatoms. The number of benzene rings is 1. The minimum Gasteiger partial charge on any atom is -0.493 e. The number of nitrogens with zero attached hydrogens (tertiary/aromatic N) is 4. The van der Waals surface area contributed by atoms with E-state index >= 15 is 0 Å². The molecule has 0 atom stereocenters. The highest BCUT2D eigenvalue weighted by Gasteiger charge is 2.33. The van der Waals surface area contributed by atoms with Crippen molar-refractivity contribution < 1.29 is 26.9 Å². The van der Waals surface area contributed by atoms with Crippen molar-refractivity contribution in [1.29, 1.82) is 0 Å². The van der Waals surface area contributed by atoms with E-state index in [1.165, 1.54) is 24.7 Å². The van der Waals surface area contributed by atoms with Crippen molar-refractivity contribution in [3.05, 3.63) is 65.6 Å². The molecule has 0 bridgehead atoms. The van der Waals surface area contributed by atoms with E-state index in [0.29, 0.717) is 64.7 Å². The standard InChI is InChI=1S/C25H24F4N5O2P/c1-3-37(35,4-2)23-22-17(15-5-8-21(30-11-15)25(27,28)29)12-31-24(34(22)14-33-23)32-13-18-16-9-10-36-20(16)7-6-19(18)26/h5-8,11-12,14H,3-4,9-10,13H2,1-2H3,(H,31,32). The minimum absolute atomic E-state index is 0.119. The quantitative estimate of drug-likeness (QED) is 0.249. The molecule has 3 aromatic heterocycles. The van der Waals surface area contributed by atoms with E-state index in [1.54, 1.807) is 10.5 Å². The molecule has 0 aliphatic carbocycles. The molecule has 0 amide bonds. The molecular formula is C25H24F4N5O2P. The van der Waals surface area contributed by atoms with Crippen LogP contribution in [0.2, 0.25) is 0 Å². The summed E-state index contributed by atoms with van der Waals surface area (Å²) in [6.07, 6.45) is 0.847. The second kappa shape index (κ2) is 9.45. The van der Waals surface area contributed by atoms with E-state index in [9.17, 15) is 22.1 Å². The monoisotopic (exact) mass is 533 g/mol. The summed E-state index contributed by atoms with van der Waals surface area (Å²) in [5.74, 6) is 0.610. The summed E-state index contributed by atoms with van der Waals surface area (Å²) in [6, 6.07) is 5.18. The first-order chi connectivity index (χ1) is 17.7. The van der Waals surface area contributed by atoms with E-state index < -0.39 is 19.0 Å². The number of imidazole rings is 1. The highest BCUT2D eigenvalue weighted by atomic mass is 31.2. The fourth-order valence-electron chi connectivity index (χ4n) is 4.56. The van der Waals surface area contributed by atoms with Crippen LogP contribution in [0.5, 0.6) is 5.75 Å². The lowest BCUT2D eigenvalue weighted by molar-refractivity contribution is -0.141. The molecule has 0 radical (unpaired) electrons. The van der Waals surface area contributed by atoms with Crippen LogP contribution < -0.4 is 15.5 Å². The van der Waals surface area contributed by atoms with Gasteiger partial charge in [-0.25, -0.2) is 14.4 Å². The van der Waals surface area contributed by atoms with Crippen molar-refractivity contribution in [1.82, 2.24) is 19.4 Å². The molecule has 1 aromatic carbocycles. The second-order valence-corrected chi connectivity index (χ2v) is 12.2. The Hall–Kier alpha value is -3.46. The van der Waals surface area contributed by atoms with E-state index in [0.717, 1.165) is 17.8 Å². The SMILES string of the molecule is CCP(=O)(CC)c1ncn2c(NCc3c(F)ccc4c3CCO4)ncc(-c3ccc(C(F)(F)F)nc3)c12. The molecule has 1 aliphatic heterocycles. The summed E-state index contributed by atoms with van der Waals surface area (Å²) < 4.78 is 74.7. The predicted octanol–water partition coefficient (Wildman–Crippen LogP) is 5.52. The van der Waals surface area contributed by atoms with Gasteiger partial charge in [0.2, 0.25) is 5.95 Å². The molecule has 1 N–H and O–H groups in total. The lowest BCUT2D eigenvalue weighted by Gasteiger charge is -2.16. The number of hydrogen-bond donors (Lipinski definition) is 1. The minimum atomic E-state index is -4.57. The maximum Gasteiger partial charge on any atom is 0.433 e. The highest BCUT2D eigenvalue weighted by molar-refractivity contribution is 7.71. The molecule has 1 aliphatic rings. The normalized spacial score (nSPS) is 13.6. The predicted molar refractivity (Wildman–Crippen MR) is 132 cm³/mol. The van der Waals surface area contributed by atoms with Crippen LogP contribution in [-0.2, 0) is 23.7 Å². The molecule has 0 saturated carbocycles. The maximum atomic E-state index is 14.7. The highest BCUT2D eigenvalue weighted by Crippen LogP contribution is 2.45. The lowest BCUT2D eigenvalue weighted by Crippen LogP contribution is -2.14. The average Bonchev–Trinajstić information content (AvgIpc) is 3.55. The second-order valence-electron chi connectivity index (χ2n) is 8.69. The third kappa shape index (κ3) is 4.45.